The summed E-state index contributed by atoms with van der Waals surface area (Å²) in [5.74, 6) is 0.209. The molecule has 3 rings (SSSR count). The molecule has 0 spiro atoms. The minimum absolute atomic E-state index is 0.209. The lowest BCUT2D eigenvalue weighted by Crippen LogP contribution is -2.35. The fourth-order valence-electron chi connectivity index (χ4n) is 3.58. The van der Waals surface area contributed by atoms with Crippen molar-refractivity contribution in [3.63, 3.8) is 0 Å². The van der Waals surface area contributed by atoms with Gasteiger partial charge in [-0.05, 0) is 62.9 Å². The van der Waals surface area contributed by atoms with Crippen LogP contribution in [0.1, 0.15) is 60.9 Å². The smallest absolute Gasteiger partial charge is 0.253 e. The standard InChI is InChI=1S/C19H28N2O/c22-19(21-14-6-3-7-15-21)18-10-8-17(9-11-18)16-20-12-4-1-2-5-13-20/h8-11H,1-7,12-16H2. The largest absolute Gasteiger partial charge is 0.339 e. The number of piperidine rings is 1. The number of carbonyl (C=O) groups excluding carboxylic acids is 1. The number of hydrogen-bond donors (Lipinski definition) is 0. The van der Waals surface area contributed by atoms with Gasteiger partial charge in [-0.15, -0.1) is 0 Å². The van der Waals surface area contributed by atoms with Crippen LogP contribution >= 0.6 is 0 Å². The minimum Gasteiger partial charge on any atom is -0.339 e. The molecule has 3 nitrogen and oxygen atoms in total. The normalized spacial score (nSPS) is 20.6. The van der Waals surface area contributed by atoms with E-state index in [2.05, 4.69) is 17.0 Å². The van der Waals surface area contributed by atoms with E-state index in [-0.39, 0.29) is 5.91 Å². The third kappa shape index (κ3) is 4.10. The van der Waals surface area contributed by atoms with Crippen molar-refractivity contribution in [2.75, 3.05) is 26.2 Å². The van der Waals surface area contributed by atoms with Crippen molar-refractivity contribution in [1.82, 2.24) is 9.80 Å². The Morgan fingerprint density at radius 2 is 1.32 bits per heavy atom. The van der Waals surface area contributed by atoms with E-state index in [0.717, 1.165) is 38.0 Å². The van der Waals surface area contributed by atoms with Gasteiger partial charge in [-0.2, -0.15) is 0 Å². The van der Waals surface area contributed by atoms with E-state index < -0.39 is 0 Å². The van der Waals surface area contributed by atoms with Crippen LogP contribution in [0.15, 0.2) is 24.3 Å². The Labute approximate surface area is 134 Å². The fourth-order valence-corrected chi connectivity index (χ4v) is 3.58. The Morgan fingerprint density at radius 1 is 0.773 bits per heavy atom. The van der Waals surface area contributed by atoms with Gasteiger partial charge in [-0.3, -0.25) is 9.69 Å². The first kappa shape index (κ1) is 15.5. The zero-order chi connectivity index (χ0) is 15.2. The van der Waals surface area contributed by atoms with Crippen LogP contribution < -0.4 is 0 Å². The molecule has 0 saturated carbocycles. The minimum atomic E-state index is 0.209. The molecule has 0 aliphatic carbocycles. The number of amides is 1. The van der Waals surface area contributed by atoms with Gasteiger partial charge in [0.1, 0.15) is 0 Å². The molecule has 1 amide bonds. The Balaban J connectivity index is 1.58. The third-order valence-corrected chi connectivity index (χ3v) is 4.95. The van der Waals surface area contributed by atoms with Crippen LogP contribution in [0, 0.1) is 0 Å². The summed E-state index contributed by atoms with van der Waals surface area (Å²) in [6.07, 6.45) is 8.97. The van der Waals surface area contributed by atoms with E-state index in [1.165, 1.54) is 50.8 Å². The maximum Gasteiger partial charge on any atom is 0.253 e. The maximum atomic E-state index is 12.5. The van der Waals surface area contributed by atoms with Crippen molar-refractivity contribution in [2.24, 2.45) is 0 Å². The molecule has 0 aromatic heterocycles. The van der Waals surface area contributed by atoms with E-state index in [1.54, 1.807) is 0 Å². The van der Waals surface area contributed by atoms with Crippen molar-refractivity contribution in [1.29, 1.82) is 0 Å². The van der Waals surface area contributed by atoms with Crippen molar-refractivity contribution in [3.05, 3.63) is 35.4 Å². The van der Waals surface area contributed by atoms with Gasteiger partial charge in [0.15, 0.2) is 0 Å². The van der Waals surface area contributed by atoms with E-state index >= 15 is 0 Å². The summed E-state index contributed by atoms with van der Waals surface area (Å²) in [6, 6.07) is 8.32. The van der Waals surface area contributed by atoms with Gasteiger partial charge in [0.05, 0.1) is 0 Å². The van der Waals surface area contributed by atoms with Gasteiger partial charge in [0, 0.05) is 25.2 Å². The molecule has 2 heterocycles. The molecular weight excluding hydrogens is 272 g/mol. The van der Waals surface area contributed by atoms with Gasteiger partial charge >= 0.3 is 0 Å². The molecule has 0 radical (unpaired) electrons. The molecule has 120 valence electrons. The van der Waals surface area contributed by atoms with E-state index in [9.17, 15) is 4.79 Å². The molecule has 2 saturated heterocycles. The highest BCUT2D eigenvalue weighted by Crippen LogP contribution is 2.16. The first-order valence-electron chi connectivity index (χ1n) is 8.93. The van der Waals surface area contributed by atoms with Crippen LogP contribution in [-0.2, 0) is 6.54 Å². The average molecular weight is 300 g/mol. The third-order valence-electron chi connectivity index (χ3n) is 4.95. The molecule has 0 N–H and O–H groups in total. The lowest BCUT2D eigenvalue weighted by Gasteiger charge is -2.27. The second kappa shape index (κ2) is 7.77. The maximum absolute atomic E-state index is 12.5. The molecule has 0 bridgehead atoms. The Morgan fingerprint density at radius 3 is 1.95 bits per heavy atom. The Hall–Kier alpha value is -1.35. The molecule has 1 aromatic carbocycles. The van der Waals surface area contributed by atoms with Crippen molar-refractivity contribution in [3.8, 4) is 0 Å². The summed E-state index contributed by atoms with van der Waals surface area (Å²) in [6.45, 7) is 5.31. The summed E-state index contributed by atoms with van der Waals surface area (Å²) < 4.78 is 0. The first-order chi connectivity index (χ1) is 10.8. The van der Waals surface area contributed by atoms with Gasteiger partial charge in [-0.25, -0.2) is 0 Å². The van der Waals surface area contributed by atoms with Gasteiger partial charge < -0.3 is 4.90 Å². The molecular formula is C19H28N2O. The van der Waals surface area contributed by atoms with Crippen molar-refractivity contribution in [2.45, 2.75) is 51.5 Å². The molecule has 22 heavy (non-hydrogen) atoms. The lowest BCUT2D eigenvalue weighted by atomic mass is 10.1. The fraction of sp³-hybridized carbons (Fsp3) is 0.632. The summed E-state index contributed by atoms with van der Waals surface area (Å²) >= 11 is 0. The van der Waals surface area contributed by atoms with E-state index in [0.29, 0.717) is 0 Å². The van der Waals surface area contributed by atoms with E-state index in [1.807, 2.05) is 17.0 Å². The second-order valence-corrected chi connectivity index (χ2v) is 6.74. The highest BCUT2D eigenvalue weighted by molar-refractivity contribution is 5.94. The summed E-state index contributed by atoms with van der Waals surface area (Å²) in [5.41, 5.74) is 2.18. The van der Waals surface area contributed by atoms with Gasteiger partial charge in [0.2, 0.25) is 0 Å². The zero-order valence-electron chi connectivity index (χ0n) is 13.6. The van der Waals surface area contributed by atoms with Crippen LogP contribution in [0.5, 0.6) is 0 Å². The monoisotopic (exact) mass is 300 g/mol. The Kier molecular flexibility index (Phi) is 5.49. The molecule has 1 aromatic rings. The van der Waals surface area contributed by atoms with Crippen molar-refractivity contribution >= 4 is 5.91 Å². The topological polar surface area (TPSA) is 23.6 Å². The quantitative estimate of drug-likeness (QED) is 0.850. The summed E-state index contributed by atoms with van der Waals surface area (Å²) in [7, 11) is 0. The second-order valence-electron chi connectivity index (χ2n) is 6.74. The zero-order valence-corrected chi connectivity index (χ0v) is 13.6. The van der Waals surface area contributed by atoms with Crippen molar-refractivity contribution < 1.29 is 4.79 Å². The van der Waals surface area contributed by atoms with Gasteiger partial charge in [0.25, 0.3) is 5.91 Å². The molecule has 3 heteroatoms. The number of nitrogens with zero attached hydrogens (tertiary/aromatic N) is 2. The Bertz CT molecular complexity index is 469. The van der Waals surface area contributed by atoms with Crippen LogP contribution in [0.4, 0.5) is 0 Å². The number of rotatable bonds is 3. The lowest BCUT2D eigenvalue weighted by molar-refractivity contribution is 0.0724. The van der Waals surface area contributed by atoms with Crippen LogP contribution in [-0.4, -0.2) is 41.9 Å². The molecule has 2 fully saturated rings. The molecule has 0 unspecified atom stereocenters. The highest BCUT2D eigenvalue weighted by Gasteiger charge is 2.18. The molecule has 0 atom stereocenters. The predicted octanol–water partition coefficient (Wildman–Crippen LogP) is 3.69. The number of hydrogen-bond acceptors (Lipinski definition) is 2. The van der Waals surface area contributed by atoms with Crippen LogP contribution in [0.25, 0.3) is 0 Å². The number of benzene rings is 1. The van der Waals surface area contributed by atoms with Crippen LogP contribution in [0.3, 0.4) is 0 Å². The van der Waals surface area contributed by atoms with Gasteiger partial charge in [-0.1, -0.05) is 25.0 Å². The first-order valence-corrected chi connectivity index (χ1v) is 8.93. The molecule has 2 aliphatic rings. The molecule has 2 aliphatic heterocycles. The SMILES string of the molecule is O=C(c1ccc(CN2CCCCCC2)cc1)N1CCCCC1. The summed E-state index contributed by atoms with van der Waals surface area (Å²) in [5, 5.41) is 0. The number of carbonyl (C=O) groups is 1. The van der Waals surface area contributed by atoms with Crippen LogP contribution in [0.2, 0.25) is 0 Å². The van der Waals surface area contributed by atoms with E-state index in [4.69, 9.17) is 0 Å². The predicted molar refractivity (Wildman–Crippen MR) is 89.9 cm³/mol. The number of likely N-dealkylation sites (tertiary alicyclic amines) is 2. The summed E-state index contributed by atoms with van der Waals surface area (Å²) in [4.78, 5) is 17.0. The average Bonchev–Trinajstić information content (AvgIpc) is 2.84. The highest BCUT2D eigenvalue weighted by atomic mass is 16.2.